The predicted molar refractivity (Wildman–Crippen MR) is 66.2 cm³/mol. The first-order valence-electron chi connectivity index (χ1n) is 5.46. The minimum Gasteiger partial charge on any atom is -0.406 e. The number of benzene rings is 1. The molecular formula is C13H9F3N2O2. The van der Waals surface area contributed by atoms with Crippen LogP contribution in [0.4, 0.5) is 19.0 Å². The molecular weight excluding hydrogens is 273 g/mol. The Bertz CT molecular complexity index is 625. The molecule has 0 amide bonds. The zero-order valence-electron chi connectivity index (χ0n) is 10.0. The SMILES string of the molecule is Nc1ncc(-c2ccc(OC(F)(F)F)cc2)cc1C=O. The van der Waals surface area contributed by atoms with Gasteiger partial charge in [-0.15, -0.1) is 13.2 Å². The maximum Gasteiger partial charge on any atom is 0.573 e. The van der Waals surface area contributed by atoms with Crippen molar-refractivity contribution in [2.24, 2.45) is 0 Å². The molecule has 7 heteroatoms. The fourth-order valence-electron chi connectivity index (χ4n) is 1.59. The van der Waals surface area contributed by atoms with E-state index < -0.39 is 6.36 Å². The second kappa shape index (κ2) is 5.20. The number of anilines is 1. The van der Waals surface area contributed by atoms with Crippen molar-refractivity contribution in [1.29, 1.82) is 0 Å². The Kier molecular flexibility index (Phi) is 3.60. The Labute approximate surface area is 112 Å². The molecule has 0 bridgehead atoms. The lowest BCUT2D eigenvalue weighted by atomic mass is 10.1. The van der Waals surface area contributed by atoms with Crippen molar-refractivity contribution in [2.75, 3.05) is 5.73 Å². The van der Waals surface area contributed by atoms with Gasteiger partial charge in [-0.25, -0.2) is 4.98 Å². The van der Waals surface area contributed by atoms with E-state index in [2.05, 4.69) is 9.72 Å². The van der Waals surface area contributed by atoms with Crippen LogP contribution < -0.4 is 10.5 Å². The molecule has 1 aromatic carbocycles. The molecule has 0 spiro atoms. The Balaban J connectivity index is 2.28. The number of carbonyl (C=O) groups is 1. The summed E-state index contributed by atoms with van der Waals surface area (Å²) in [6.45, 7) is 0. The normalized spacial score (nSPS) is 11.2. The van der Waals surface area contributed by atoms with Crippen molar-refractivity contribution in [3.05, 3.63) is 42.1 Å². The molecule has 104 valence electrons. The first-order valence-corrected chi connectivity index (χ1v) is 5.46. The zero-order valence-corrected chi connectivity index (χ0v) is 10.0. The second-order valence-electron chi connectivity index (χ2n) is 3.89. The molecule has 4 nitrogen and oxygen atoms in total. The number of carbonyl (C=O) groups excluding carboxylic acids is 1. The summed E-state index contributed by atoms with van der Waals surface area (Å²) in [7, 11) is 0. The summed E-state index contributed by atoms with van der Waals surface area (Å²) in [6.07, 6.45) is -2.73. The van der Waals surface area contributed by atoms with Crippen molar-refractivity contribution in [1.82, 2.24) is 4.98 Å². The van der Waals surface area contributed by atoms with Gasteiger partial charge >= 0.3 is 6.36 Å². The summed E-state index contributed by atoms with van der Waals surface area (Å²) in [5, 5.41) is 0. The fourth-order valence-corrected chi connectivity index (χ4v) is 1.59. The number of aromatic nitrogens is 1. The maximum absolute atomic E-state index is 12.0. The number of halogens is 3. The van der Waals surface area contributed by atoms with Crippen LogP contribution in [0.2, 0.25) is 0 Å². The minimum absolute atomic E-state index is 0.0979. The summed E-state index contributed by atoms with van der Waals surface area (Å²) >= 11 is 0. The third kappa shape index (κ3) is 3.25. The van der Waals surface area contributed by atoms with E-state index in [0.29, 0.717) is 17.4 Å². The molecule has 2 rings (SSSR count). The highest BCUT2D eigenvalue weighted by Gasteiger charge is 2.30. The lowest BCUT2D eigenvalue weighted by Gasteiger charge is -2.09. The lowest BCUT2D eigenvalue weighted by molar-refractivity contribution is -0.274. The van der Waals surface area contributed by atoms with Crippen LogP contribution in [0.15, 0.2) is 36.5 Å². The molecule has 1 heterocycles. The van der Waals surface area contributed by atoms with Gasteiger partial charge in [0.2, 0.25) is 0 Å². The first kappa shape index (κ1) is 13.9. The van der Waals surface area contributed by atoms with E-state index in [1.807, 2.05) is 0 Å². The van der Waals surface area contributed by atoms with Gasteiger partial charge in [0.25, 0.3) is 0 Å². The summed E-state index contributed by atoms with van der Waals surface area (Å²) in [5.74, 6) is -0.221. The van der Waals surface area contributed by atoms with Gasteiger partial charge in [0, 0.05) is 11.8 Å². The molecule has 0 fully saturated rings. The van der Waals surface area contributed by atoms with E-state index in [1.54, 1.807) is 0 Å². The van der Waals surface area contributed by atoms with Gasteiger partial charge in [-0.2, -0.15) is 0 Å². The highest BCUT2D eigenvalue weighted by atomic mass is 19.4. The van der Waals surface area contributed by atoms with E-state index in [-0.39, 0.29) is 17.1 Å². The Morgan fingerprint density at radius 1 is 1.15 bits per heavy atom. The van der Waals surface area contributed by atoms with E-state index in [1.165, 1.54) is 36.5 Å². The van der Waals surface area contributed by atoms with Gasteiger partial charge in [0.15, 0.2) is 6.29 Å². The summed E-state index contributed by atoms with van der Waals surface area (Å²) in [5.41, 5.74) is 6.87. The van der Waals surface area contributed by atoms with Crippen LogP contribution in [0.25, 0.3) is 11.1 Å². The third-order valence-corrected chi connectivity index (χ3v) is 2.50. The second-order valence-corrected chi connectivity index (χ2v) is 3.89. The largest absolute Gasteiger partial charge is 0.573 e. The molecule has 0 aliphatic carbocycles. The standard InChI is InChI=1S/C13H9F3N2O2/c14-13(15,16)20-11-3-1-8(2-4-11)9-5-10(7-19)12(17)18-6-9/h1-7H,(H2,17,18). The first-order chi connectivity index (χ1) is 9.39. The van der Waals surface area contributed by atoms with Crippen molar-refractivity contribution < 1.29 is 22.7 Å². The van der Waals surface area contributed by atoms with Crippen LogP contribution in [-0.2, 0) is 0 Å². The van der Waals surface area contributed by atoms with Gasteiger partial charge in [0.05, 0.1) is 5.56 Å². The number of hydrogen-bond acceptors (Lipinski definition) is 4. The predicted octanol–water partition coefficient (Wildman–Crippen LogP) is 3.04. The smallest absolute Gasteiger partial charge is 0.406 e. The van der Waals surface area contributed by atoms with Crippen molar-refractivity contribution in [2.45, 2.75) is 6.36 Å². The van der Waals surface area contributed by atoms with Crippen LogP contribution in [0.3, 0.4) is 0 Å². The molecule has 0 saturated carbocycles. The van der Waals surface area contributed by atoms with Crippen molar-refractivity contribution >= 4 is 12.1 Å². The Morgan fingerprint density at radius 3 is 2.35 bits per heavy atom. The van der Waals surface area contributed by atoms with Gasteiger partial charge in [0.1, 0.15) is 11.6 Å². The lowest BCUT2D eigenvalue weighted by Crippen LogP contribution is -2.16. The Hall–Kier alpha value is -2.57. The number of alkyl halides is 3. The third-order valence-electron chi connectivity index (χ3n) is 2.50. The number of ether oxygens (including phenoxy) is 1. The van der Waals surface area contributed by atoms with E-state index in [0.717, 1.165) is 0 Å². The number of nitrogens with two attached hydrogens (primary N) is 1. The van der Waals surface area contributed by atoms with Crippen LogP contribution >= 0.6 is 0 Å². The number of nitrogen functional groups attached to an aromatic ring is 1. The molecule has 0 unspecified atom stereocenters. The molecule has 1 aromatic heterocycles. The van der Waals surface area contributed by atoms with Crippen LogP contribution in [0, 0.1) is 0 Å². The monoisotopic (exact) mass is 282 g/mol. The van der Waals surface area contributed by atoms with E-state index >= 15 is 0 Å². The molecule has 0 aliphatic heterocycles. The molecule has 0 radical (unpaired) electrons. The topological polar surface area (TPSA) is 65.2 Å². The number of hydrogen-bond donors (Lipinski definition) is 1. The van der Waals surface area contributed by atoms with Gasteiger partial charge < -0.3 is 10.5 Å². The van der Waals surface area contributed by atoms with Gasteiger partial charge in [-0.3, -0.25) is 4.79 Å². The summed E-state index contributed by atoms with van der Waals surface area (Å²) < 4.78 is 39.8. The molecule has 20 heavy (non-hydrogen) atoms. The molecule has 2 N–H and O–H groups in total. The molecule has 0 saturated heterocycles. The number of aldehydes is 1. The Morgan fingerprint density at radius 2 is 1.80 bits per heavy atom. The highest BCUT2D eigenvalue weighted by molar-refractivity contribution is 5.84. The average molecular weight is 282 g/mol. The zero-order chi connectivity index (χ0) is 14.8. The number of pyridine rings is 1. The highest BCUT2D eigenvalue weighted by Crippen LogP contribution is 2.27. The maximum atomic E-state index is 12.0. The minimum atomic E-state index is -4.73. The number of rotatable bonds is 3. The quantitative estimate of drug-likeness (QED) is 0.879. The number of nitrogens with zero attached hydrogens (tertiary/aromatic N) is 1. The fraction of sp³-hybridized carbons (Fsp3) is 0.0769. The van der Waals surface area contributed by atoms with Gasteiger partial charge in [-0.05, 0) is 23.8 Å². The molecule has 2 aromatic rings. The van der Waals surface area contributed by atoms with Crippen LogP contribution in [0.1, 0.15) is 10.4 Å². The summed E-state index contributed by atoms with van der Waals surface area (Å²) in [6, 6.07) is 6.74. The van der Waals surface area contributed by atoms with Crippen LogP contribution in [0.5, 0.6) is 5.75 Å². The van der Waals surface area contributed by atoms with Gasteiger partial charge in [-0.1, -0.05) is 12.1 Å². The average Bonchev–Trinajstić information content (AvgIpc) is 2.38. The van der Waals surface area contributed by atoms with Crippen molar-refractivity contribution in [3.8, 4) is 16.9 Å². The van der Waals surface area contributed by atoms with E-state index in [9.17, 15) is 18.0 Å². The van der Waals surface area contributed by atoms with Crippen molar-refractivity contribution in [3.63, 3.8) is 0 Å². The molecule has 0 aliphatic rings. The summed E-state index contributed by atoms with van der Waals surface area (Å²) in [4.78, 5) is 14.6. The van der Waals surface area contributed by atoms with Crippen LogP contribution in [-0.4, -0.2) is 17.6 Å². The van der Waals surface area contributed by atoms with E-state index in [4.69, 9.17) is 5.73 Å². The molecule has 0 atom stereocenters.